The summed E-state index contributed by atoms with van der Waals surface area (Å²) in [5.74, 6) is 1.30. The van der Waals surface area contributed by atoms with Crippen LogP contribution in [0.2, 0.25) is 0 Å². The number of nitrogen functional groups attached to an aromatic ring is 1. The first-order chi connectivity index (χ1) is 11.7. The molecule has 3 aromatic rings. The number of nitrogens with zero attached hydrogens (tertiary/aromatic N) is 2. The normalized spacial score (nSPS) is 10.9. The molecule has 1 heterocycles. The highest BCUT2D eigenvalue weighted by Gasteiger charge is 2.05. The maximum Gasteiger partial charge on any atom is 0.220 e. The number of hydrogen-bond donors (Lipinski definition) is 1. The van der Waals surface area contributed by atoms with Crippen LogP contribution >= 0.6 is 0 Å². The van der Waals surface area contributed by atoms with Gasteiger partial charge in [-0.05, 0) is 56.4 Å². The highest BCUT2D eigenvalue weighted by molar-refractivity contribution is 5.81. The summed E-state index contributed by atoms with van der Waals surface area (Å²) in [6.45, 7) is 2.82. The van der Waals surface area contributed by atoms with E-state index in [1.165, 1.54) is 5.56 Å². The standard InChI is InChI=1S/C20H23N3O/c1-15-8-7-9-16(14-15)24-13-6-2-3-11-18-17-10-4-5-12-19(17)23-20(21)22-18/h4-5,7-10,12,14H,2-3,6,11,13H2,1H3,(H2,21,22,23). The topological polar surface area (TPSA) is 61.0 Å². The van der Waals surface area contributed by atoms with Crippen molar-refractivity contribution in [2.24, 2.45) is 0 Å². The summed E-state index contributed by atoms with van der Waals surface area (Å²) in [7, 11) is 0. The number of anilines is 1. The van der Waals surface area contributed by atoms with Gasteiger partial charge < -0.3 is 10.5 Å². The molecule has 0 radical (unpaired) electrons. The third-order valence-corrected chi connectivity index (χ3v) is 4.02. The van der Waals surface area contributed by atoms with Crippen LogP contribution in [0, 0.1) is 6.92 Å². The molecule has 4 nitrogen and oxygen atoms in total. The molecule has 2 N–H and O–H groups in total. The Balaban J connectivity index is 1.47. The number of aromatic nitrogens is 2. The number of ether oxygens (including phenoxy) is 1. The summed E-state index contributed by atoms with van der Waals surface area (Å²) in [6, 6.07) is 16.2. The van der Waals surface area contributed by atoms with E-state index in [-0.39, 0.29) is 0 Å². The summed E-state index contributed by atoms with van der Waals surface area (Å²) >= 11 is 0. The second-order valence-corrected chi connectivity index (χ2v) is 6.02. The van der Waals surface area contributed by atoms with Crippen LogP contribution < -0.4 is 10.5 Å². The number of rotatable bonds is 7. The minimum Gasteiger partial charge on any atom is -0.494 e. The second kappa shape index (κ2) is 7.77. The SMILES string of the molecule is Cc1cccc(OCCCCCc2nc(N)nc3ccccc23)c1. The van der Waals surface area contributed by atoms with Crippen molar-refractivity contribution in [3.8, 4) is 5.75 Å². The summed E-state index contributed by atoms with van der Waals surface area (Å²) in [6.07, 6.45) is 4.12. The van der Waals surface area contributed by atoms with Gasteiger partial charge in [-0.25, -0.2) is 9.97 Å². The molecular weight excluding hydrogens is 298 g/mol. The predicted octanol–water partition coefficient (Wildman–Crippen LogP) is 4.31. The molecular formula is C20H23N3O. The fraction of sp³-hybridized carbons (Fsp3) is 0.300. The molecule has 4 heteroatoms. The van der Waals surface area contributed by atoms with E-state index >= 15 is 0 Å². The van der Waals surface area contributed by atoms with Gasteiger partial charge in [0.1, 0.15) is 5.75 Å². The molecule has 0 aliphatic carbocycles. The van der Waals surface area contributed by atoms with Crippen LogP contribution in [0.4, 0.5) is 5.95 Å². The van der Waals surface area contributed by atoms with E-state index in [1.54, 1.807) is 0 Å². The average molecular weight is 321 g/mol. The quantitative estimate of drug-likeness (QED) is 0.659. The Morgan fingerprint density at radius 3 is 2.71 bits per heavy atom. The number of hydrogen-bond acceptors (Lipinski definition) is 4. The van der Waals surface area contributed by atoms with E-state index < -0.39 is 0 Å². The van der Waals surface area contributed by atoms with Crippen molar-refractivity contribution >= 4 is 16.9 Å². The van der Waals surface area contributed by atoms with E-state index in [0.29, 0.717) is 5.95 Å². The average Bonchev–Trinajstić information content (AvgIpc) is 2.57. The third kappa shape index (κ3) is 4.22. The molecule has 3 rings (SSSR count). The molecule has 1 aromatic heterocycles. The largest absolute Gasteiger partial charge is 0.494 e. The maximum absolute atomic E-state index is 5.81. The number of aryl methyl sites for hydroxylation is 2. The van der Waals surface area contributed by atoms with Gasteiger partial charge in [-0.1, -0.05) is 30.3 Å². The van der Waals surface area contributed by atoms with Gasteiger partial charge in [-0.3, -0.25) is 0 Å². The lowest BCUT2D eigenvalue weighted by Gasteiger charge is -2.08. The third-order valence-electron chi connectivity index (χ3n) is 4.02. The molecule has 0 fully saturated rings. The van der Waals surface area contributed by atoms with E-state index in [4.69, 9.17) is 10.5 Å². The number of benzene rings is 2. The van der Waals surface area contributed by atoms with Crippen LogP contribution in [0.5, 0.6) is 5.75 Å². The van der Waals surface area contributed by atoms with Crippen LogP contribution in [-0.2, 0) is 6.42 Å². The number of unbranched alkanes of at least 4 members (excludes halogenated alkanes) is 2. The molecule has 124 valence electrons. The van der Waals surface area contributed by atoms with Crippen LogP contribution in [0.1, 0.15) is 30.5 Å². The molecule has 0 bridgehead atoms. The van der Waals surface area contributed by atoms with Crippen molar-refractivity contribution in [1.82, 2.24) is 9.97 Å². The van der Waals surface area contributed by atoms with Crippen molar-refractivity contribution < 1.29 is 4.74 Å². The van der Waals surface area contributed by atoms with Gasteiger partial charge >= 0.3 is 0 Å². The van der Waals surface area contributed by atoms with Gasteiger partial charge in [0.05, 0.1) is 17.8 Å². The van der Waals surface area contributed by atoms with Crippen LogP contribution in [0.3, 0.4) is 0 Å². The zero-order valence-corrected chi connectivity index (χ0v) is 14.0. The maximum atomic E-state index is 5.81. The fourth-order valence-electron chi connectivity index (χ4n) is 2.82. The predicted molar refractivity (Wildman–Crippen MR) is 98.2 cm³/mol. The van der Waals surface area contributed by atoms with Gasteiger partial charge in [0.2, 0.25) is 5.95 Å². The highest BCUT2D eigenvalue weighted by atomic mass is 16.5. The summed E-state index contributed by atoms with van der Waals surface area (Å²) in [5.41, 5.74) is 8.99. The van der Waals surface area contributed by atoms with Crippen molar-refractivity contribution in [3.05, 3.63) is 59.8 Å². The Hall–Kier alpha value is -2.62. The first-order valence-corrected chi connectivity index (χ1v) is 8.43. The van der Waals surface area contributed by atoms with E-state index in [2.05, 4.69) is 35.1 Å². The molecule has 24 heavy (non-hydrogen) atoms. The van der Waals surface area contributed by atoms with Crippen molar-refractivity contribution in [3.63, 3.8) is 0 Å². The van der Waals surface area contributed by atoms with Gasteiger partial charge in [0.25, 0.3) is 0 Å². The van der Waals surface area contributed by atoms with Gasteiger partial charge in [0, 0.05) is 5.39 Å². The minimum absolute atomic E-state index is 0.353. The van der Waals surface area contributed by atoms with Crippen LogP contribution in [-0.4, -0.2) is 16.6 Å². The molecule has 0 amide bonds. The fourth-order valence-corrected chi connectivity index (χ4v) is 2.82. The first kappa shape index (κ1) is 16.2. The van der Waals surface area contributed by atoms with Gasteiger partial charge in [-0.2, -0.15) is 0 Å². The molecule has 0 spiro atoms. The summed E-state index contributed by atoms with van der Waals surface area (Å²) in [5, 5.41) is 1.10. The monoisotopic (exact) mass is 321 g/mol. The second-order valence-electron chi connectivity index (χ2n) is 6.02. The molecule has 0 unspecified atom stereocenters. The lowest BCUT2D eigenvalue weighted by molar-refractivity contribution is 0.305. The Bertz CT molecular complexity index is 817. The summed E-state index contributed by atoms with van der Waals surface area (Å²) in [4.78, 5) is 8.69. The highest BCUT2D eigenvalue weighted by Crippen LogP contribution is 2.19. The van der Waals surface area contributed by atoms with Gasteiger partial charge in [0.15, 0.2) is 0 Å². The number of nitrogens with two attached hydrogens (primary N) is 1. The van der Waals surface area contributed by atoms with Crippen LogP contribution in [0.15, 0.2) is 48.5 Å². The Morgan fingerprint density at radius 2 is 1.83 bits per heavy atom. The molecule has 0 aliphatic heterocycles. The Morgan fingerprint density at radius 1 is 0.958 bits per heavy atom. The van der Waals surface area contributed by atoms with Crippen molar-refractivity contribution in [2.45, 2.75) is 32.6 Å². The van der Waals surface area contributed by atoms with Crippen molar-refractivity contribution in [1.29, 1.82) is 0 Å². The van der Waals surface area contributed by atoms with E-state index in [0.717, 1.165) is 54.6 Å². The minimum atomic E-state index is 0.353. The van der Waals surface area contributed by atoms with Gasteiger partial charge in [-0.15, -0.1) is 0 Å². The molecule has 0 saturated carbocycles. The first-order valence-electron chi connectivity index (χ1n) is 8.43. The number of fused-ring (bicyclic) bond motifs is 1. The smallest absolute Gasteiger partial charge is 0.220 e. The summed E-state index contributed by atoms with van der Waals surface area (Å²) < 4.78 is 5.78. The zero-order valence-electron chi connectivity index (χ0n) is 14.0. The lowest BCUT2D eigenvalue weighted by Crippen LogP contribution is -2.02. The van der Waals surface area contributed by atoms with Crippen molar-refractivity contribution in [2.75, 3.05) is 12.3 Å². The molecule has 0 aliphatic rings. The molecule has 2 aromatic carbocycles. The van der Waals surface area contributed by atoms with E-state index in [9.17, 15) is 0 Å². The zero-order chi connectivity index (χ0) is 16.8. The number of para-hydroxylation sites is 1. The molecule has 0 saturated heterocycles. The van der Waals surface area contributed by atoms with E-state index in [1.807, 2.05) is 30.3 Å². The Kier molecular flexibility index (Phi) is 5.26. The lowest BCUT2D eigenvalue weighted by atomic mass is 10.1. The van der Waals surface area contributed by atoms with Crippen LogP contribution in [0.25, 0.3) is 10.9 Å². The molecule has 0 atom stereocenters. The Labute approximate surface area is 142 Å².